The molecule has 0 aromatic rings. The van der Waals surface area contributed by atoms with Crippen molar-refractivity contribution in [3.05, 3.63) is 0 Å². The van der Waals surface area contributed by atoms with Gasteiger partial charge in [-0.05, 0) is 50.4 Å². The summed E-state index contributed by atoms with van der Waals surface area (Å²) in [5.74, 6) is -1.01. The number of nitrogens with one attached hydrogen (secondary N) is 1. The lowest BCUT2D eigenvalue weighted by Gasteiger charge is -2.23. The number of hydrogen-bond acceptors (Lipinski definition) is 8. The molecule has 310 valence electrons. The van der Waals surface area contributed by atoms with Crippen LogP contribution in [0.25, 0.3) is 0 Å². The minimum Gasteiger partial charge on any atom is -0.469 e. The number of methoxy groups -OCH3 is 1. The molecule has 0 saturated heterocycles. The van der Waals surface area contributed by atoms with E-state index in [1.165, 1.54) is 97.5 Å². The van der Waals surface area contributed by atoms with Crippen LogP contribution < -0.4 is 11.1 Å². The van der Waals surface area contributed by atoms with Gasteiger partial charge >= 0.3 is 17.9 Å². The van der Waals surface area contributed by atoms with Crippen LogP contribution in [0, 0.1) is 11.8 Å². The molecule has 10 heteroatoms. The van der Waals surface area contributed by atoms with Crippen molar-refractivity contribution in [3.63, 3.8) is 0 Å². The van der Waals surface area contributed by atoms with Gasteiger partial charge < -0.3 is 25.3 Å². The molecule has 0 spiro atoms. The van der Waals surface area contributed by atoms with Crippen molar-refractivity contribution < 1.29 is 38.2 Å². The smallest absolute Gasteiger partial charge is 0.328 e. The highest BCUT2D eigenvalue weighted by Gasteiger charge is 2.28. The molecule has 0 radical (unpaired) electrons. The second-order valence-electron chi connectivity index (χ2n) is 16.1. The molecular formula is C43H80N2O8. The molecule has 0 bridgehead atoms. The molecule has 3 unspecified atom stereocenters. The molecule has 0 rings (SSSR count). The van der Waals surface area contributed by atoms with E-state index in [4.69, 9.17) is 19.9 Å². The van der Waals surface area contributed by atoms with Gasteiger partial charge in [0.15, 0.2) is 0 Å². The van der Waals surface area contributed by atoms with Gasteiger partial charge in [-0.3, -0.25) is 19.2 Å². The molecule has 0 aliphatic heterocycles. The van der Waals surface area contributed by atoms with E-state index in [0.29, 0.717) is 12.8 Å². The summed E-state index contributed by atoms with van der Waals surface area (Å²) in [6.45, 7) is 10.4. The van der Waals surface area contributed by atoms with Gasteiger partial charge in [0.25, 0.3) is 0 Å². The molecule has 0 saturated carbocycles. The van der Waals surface area contributed by atoms with Gasteiger partial charge in [0.2, 0.25) is 11.8 Å². The van der Waals surface area contributed by atoms with Gasteiger partial charge in [-0.2, -0.15) is 0 Å². The Labute approximate surface area is 323 Å². The van der Waals surface area contributed by atoms with Gasteiger partial charge in [0, 0.05) is 13.3 Å². The average Bonchev–Trinajstić information content (AvgIpc) is 3.07. The summed E-state index contributed by atoms with van der Waals surface area (Å²) >= 11 is 0. The van der Waals surface area contributed by atoms with Crippen LogP contribution in [0.1, 0.15) is 208 Å². The fraction of sp³-hybridized carbons (Fsp3) is 0.884. The van der Waals surface area contributed by atoms with Gasteiger partial charge in [0.05, 0.1) is 20.0 Å². The van der Waals surface area contributed by atoms with Crippen molar-refractivity contribution >= 4 is 29.7 Å². The van der Waals surface area contributed by atoms with Crippen molar-refractivity contribution in [2.75, 3.05) is 7.11 Å². The number of nitrogens with two attached hydrogens (primary N) is 1. The second kappa shape index (κ2) is 33.9. The Hall–Kier alpha value is -2.65. The van der Waals surface area contributed by atoms with Crippen LogP contribution >= 0.6 is 0 Å². The number of ether oxygens (including phenoxy) is 3. The number of primary amides is 1. The maximum atomic E-state index is 13.4. The van der Waals surface area contributed by atoms with Crippen molar-refractivity contribution in [3.8, 4) is 0 Å². The number of unbranched alkanes of at least 4 members (excludes halogenated alkanes) is 16. The summed E-state index contributed by atoms with van der Waals surface area (Å²) in [5.41, 5.74) is 5.50. The minimum atomic E-state index is -1.04. The van der Waals surface area contributed by atoms with Gasteiger partial charge in [-0.25, -0.2) is 4.79 Å². The molecule has 0 aromatic carbocycles. The van der Waals surface area contributed by atoms with E-state index in [0.717, 1.165) is 56.8 Å². The van der Waals surface area contributed by atoms with E-state index in [9.17, 15) is 24.0 Å². The van der Waals surface area contributed by atoms with E-state index in [2.05, 4.69) is 33.0 Å². The zero-order chi connectivity index (χ0) is 39.7. The van der Waals surface area contributed by atoms with E-state index >= 15 is 0 Å². The Morgan fingerprint density at radius 1 is 0.528 bits per heavy atom. The quantitative estimate of drug-likeness (QED) is 0.0365. The summed E-state index contributed by atoms with van der Waals surface area (Å²) in [5, 5.41) is 2.76. The fourth-order valence-electron chi connectivity index (χ4n) is 6.70. The monoisotopic (exact) mass is 753 g/mol. The lowest BCUT2D eigenvalue weighted by atomic mass is 10.0. The van der Waals surface area contributed by atoms with E-state index < -0.39 is 48.0 Å². The molecule has 3 N–H and O–H groups in total. The second-order valence-corrected chi connectivity index (χ2v) is 16.1. The molecule has 0 fully saturated rings. The third-order valence-corrected chi connectivity index (χ3v) is 9.79. The summed E-state index contributed by atoms with van der Waals surface area (Å²) in [4.78, 5) is 62.1. The lowest BCUT2D eigenvalue weighted by Crippen LogP contribution is -2.44. The molecule has 0 aliphatic carbocycles. The largest absolute Gasteiger partial charge is 0.469 e. The number of rotatable bonds is 36. The lowest BCUT2D eigenvalue weighted by molar-refractivity contribution is -0.156. The number of esters is 3. The molecule has 0 heterocycles. The first-order valence-electron chi connectivity index (χ1n) is 21.4. The maximum absolute atomic E-state index is 13.4. The Balaban J connectivity index is 4.94. The minimum absolute atomic E-state index is 0.0764. The maximum Gasteiger partial charge on any atom is 0.328 e. The summed E-state index contributed by atoms with van der Waals surface area (Å²) in [6, 6.07) is -1.04. The molecule has 53 heavy (non-hydrogen) atoms. The number of hydrogen-bond donors (Lipinski definition) is 2. The molecule has 3 atom stereocenters. The third kappa shape index (κ3) is 33.6. The summed E-state index contributed by atoms with van der Waals surface area (Å²) in [6.07, 6.45) is 23.5. The van der Waals surface area contributed by atoms with Gasteiger partial charge in [-0.1, -0.05) is 143 Å². The molecule has 0 aliphatic rings. The highest BCUT2D eigenvalue weighted by Crippen LogP contribution is 2.19. The van der Waals surface area contributed by atoms with Gasteiger partial charge in [-0.15, -0.1) is 0 Å². The standard InChI is InChI=1S/C43H80N2O8/c1-34(2)26-21-17-13-9-7-11-15-19-23-28-37(32-40(44)47)53-43(50)39(30-25-31-42(49)51-6)45-41(48)33-38(52-36(5)46)29-24-20-16-12-8-10-14-18-22-27-35(3)4/h34-35,37-39H,7-33H2,1-6H3,(H2,44,47)(H,45,48). The Morgan fingerprint density at radius 2 is 0.925 bits per heavy atom. The Morgan fingerprint density at radius 3 is 1.30 bits per heavy atom. The van der Waals surface area contributed by atoms with Gasteiger partial charge in [0.1, 0.15) is 18.2 Å². The average molecular weight is 753 g/mol. The van der Waals surface area contributed by atoms with Crippen LogP contribution in [0.2, 0.25) is 0 Å². The third-order valence-electron chi connectivity index (χ3n) is 9.79. The van der Waals surface area contributed by atoms with Crippen LogP contribution in [0.3, 0.4) is 0 Å². The van der Waals surface area contributed by atoms with E-state index in [1.807, 2.05) is 0 Å². The predicted molar refractivity (Wildman–Crippen MR) is 213 cm³/mol. The highest BCUT2D eigenvalue weighted by molar-refractivity contribution is 5.85. The zero-order valence-electron chi connectivity index (χ0n) is 34.8. The van der Waals surface area contributed by atoms with Crippen molar-refractivity contribution in [2.24, 2.45) is 17.6 Å². The first-order chi connectivity index (χ1) is 25.3. The van der Waals surface area contributed by atoms with Crippen molar-refractivity contribution in [1.82, 2.24) is 5.32 Å². The fourth-order valence-corrected chi connectivity index (χ4v) is 6.70. The van der Waals surface area contributed by atoms with Crippen LogP contribution in [-0.2, 0) is 38.2 Å². The molecular weight excluding hydrogens is 672 g/mol. The van der Waals surface area contributed by atoms with Crippen LogP contribution in [-0.4, -0.2) is 55.1 Å². The van der Waals surface area contributed by atoms with Crippen LogP contribution in [0.15, 0.2) is 0 Å². The summed E-state index contributed by atoms with van der Waals surface area (Å²) < 4.78 is 16.0. The zero-order valence-corrected chi connectivity index (χ0v) is 34.8. The SMILES string of the molecule is COC(=O)CCCC(NC(=O)CC(CCCCCCCCCCCC(C)C)OC(C)=O)C(=O)OC(CCCCCCCCCCCC(C)C)CC(N)=O. The Kier molecular flexibility index (Phi) is 32.2. The highest BCUT2D eigenvalue weighted by atomic mass is 16.5. The van der Waals surface area contributed by atoms with Crippen LogP contribution in [0.4, 0.5) is 0 Å². The molecule has 0 aromatic heterocycles. The van der Waals surface area contributed by atoms with Crippen molar-refractivity contribution in [2.45, 2.75) is 226 Å². The number of carbonyl (C=O) groups is 5. The Bertz CT molecular complexity index is 970. The molecule has 10 nitrogen and oxygen atoms in total. The summed E-state index contributed by atoms with van der Waals surface area (Å²) in [7, 11) is 1.30. The van der Waals surface area contributed by atoms with E-state index in [1.54, 1.807) is 0 Å². The molecule has 2 amide bonds. The normalized spacial score (nSPS) is 13.1. The first-order valence-corrected chi connectivity index (χ1v) is 21.4. The topological polar surface area (TPSA) is 151 Å². The van der Waals surface area contributed by atoms with Crippen LogP contribution in [0.5, 0.6) is 0 Å². The first kappa shape index (κ1) is 50.4. The van der Waals surface area contributed by atoms with Crippen molar-refractivity contribution in [1.29, 1.82) is 0 Å². The number of carbonyl (C=O) groups excluding carboxylic acids is 5. The van der Waals surface area contributed by atoms with E-state index in [-0.39, 0.29) is 32.1 Å². The predicted octanol–water partition coefficient (Wildman–Crippen LogP) is 9.82. The number of amides is 2.